The fourth-order valence-corrected chi connectivity index (χ4v) is 7.05. The zero-order valence-electron chi connectivity index (χ0n) is 24.8. The van der Waals surface area contributed by atoms with Gasteiger partial charge in [-0.1, -0.05) is 79.4 Å². The van der Waals surface area contributed by atoms with Gasteiger partial charge in [-0.25, -0.2) is 0 Å². The Bertz CT molecular complexity index is 1680. The van der Waals surface area contributed by atoms with Crippen molar-refractivity contribution in [3.8, 4) is 0 Å². The van der Waals surface area contributed by atoms with Gasteiger partial charge in [-0.05, 0) is 66.4 Å². The number of carbonyl (C=O) groups is 3. The van der Waals surface area contributed by atoms with Gasteiger partial charge >= 0.3 is 0 Å². The average molecular weight is 646 g/mol. The summed E-state index contributed by atoms with van der Waals surface area (Å²) >= 11 is 7.10. The van der Waals surface area contributed by atoms with E-state index in [2.05, 4.69) is 15.0 Å². The third-order valence-electron chi connectivity index (χ3n) is 8.54. The fourth-order valence-electron chi connectivity index (χ4n) is 6.19. The number of nitrogens with zero attached hydrogens (tertiary/aromatic N) is 2. The molecule has 3 amide bonds. The predicted molar refractivity (Wildman–Crippen MR) is 178 cm³/mol. The maximum atomic E-state index is 14.7. The van der Waals surface area contributed by atoms with Crippen LogP contribution in [0, 0.1) is 0 Å². The number of nitrogens with one attached hydrogen (secondary N) is 2. The molecule has 2 heterocycles. The van der Waals surface area contributed by atoms with E-state index in [1.54, 1.807) is 24.3 Å². The van der Waals surface area contributed by atoms with Crippen LogP contribution in [0.5, 0.6) is 0 Å². The summed E-state index contributed by atoms with van der Waals surface area (Å²) in [5.74, 6) is -1.31. The van der Waals surface area contributed by atoms with Crippen molar-refractivity contribution in [2.45, 2.75) is 63.1 Å². The molecular formula is C34H36ClN5O4S. The maximum Gasteiger partial charge on any atom is 0.273 e. The lowest BCUT2D eigenvalue weighted by atomic mass is 9.95. The van der Waals surface area contributed by atoms with Crippen molar-refractivity contribution in [3.63, 3.8) is 0 Å². The quantitative estimate of drug-likeness (QED) is 0.197. The van der Waals surface area contributed by atoms with Crippen molar-refractivity contribution in [1.29, 1.82) is 0 Å². The Morgan fingerprint density at radius 3 is 2.49 bits per heavy atom. The van der Waals surface area contributed by atoms with Crippen LogP contribution in [0.4, 0.5) is 11.4 Å². The molecule has 1 aromatic heterocycles. The predicted octanol–water partition coefficient (Wildman–Crippen LogP) is 6.28. The Morgan fingerprint density at radius 1 is 0.978 bits per heavy atom. The summed E-state index contributed by atoms with van der Waals surface area (Å²) in [6, 6.07) is 19.1. The molecule has 9 nitrogen and oxygen atoms in total. The Kier molecular flexibility index (Phi) is 9.63. The highest BCUT2D eigenvalue weighted by Gasteiger charge is 2.37. The summed E-state index contributed by atoms with van der Waals surface area (Å²) in [5, 5.41) is 8.24. The van der Waals surface area contributed by atoms with Crippen molar-refractivity contribution in [1.82, 2.24) is 15.0 Å². The van der Waals surface area contributed by atoms with Crippen LogP contribution in [0.3, 0.4) is 0 Å². The van der Waals surface area contributed by atoms with E-state index in [1.807, 2.05) is 42.5 Å². The van der Waals surface area contributed by atoms with Crippen LogP contribution in [-0.4, -0.2) is 47.4 Å². The molecule has 0 unspecified atom stereocenters. The van der Waals surface area contributed by atoms with E-state index in [0.29, 0.717) is 29.4 Å². The number of hydrogen-bond acceptors (Lipinski definition) is 7. The van der Waals surface area contributed by atoms with Gasteiger partial charge in [-0.2, -0.15) is 4.37 Å². The topological polar surface area (TPSA) is 127 Å². The van der Waals surface area contributed by atoms with E-state index >= 15 is 0 Å². The molecule has 0 radical (unpaired) electrons. The van der Waals surface area contributed by atoms with Gasteiger partial charge in [0.1, 0.15) is 10.9 Å². The van der Waals surface area contributed by atoms with Crippen molar-refractivity contribution in [2.24, 2.45) is 0 Å². The summed E-state index contributed by atoms with van der Waals surface area (Å²) in [4.78, 5) is 43.7. The summed E-state index contributed by atoms with van der Waals surface area (Å²) in [7, 11) is 0. The largest absolute Gasteiger partial charge is 0.395 e. The van der Waals surface area contributed by atoms with E-state index in [-0.39, 0.29) is 34.3 Å². The molecule has 6 rings (SSSR count). The lowest BCUT2D eigenvalue weighted by Gasteiger charge is -2.32. The first-order valence-electron chi connectivity index (χ1n) is 15.4. The van der Waals surface area contributed by atoms with Crippen LogP contribution in [0.25, 0.3) is 10.8 Å². The Hall–Kier alpha value is -3.99. The van der Waals surface area contributed by atoms with Crippen LogP contribution in [0.15, 0.2) is 66.7 Å². The first-order chi connectivity index (χ1) is 21.9. The van der Waals surface area contributed by atoms with Gasteiger partial charge in [-0.3, -0.25) is 19.3 Å². The van der Waals surface area contributed by atoms with E-state index < -0.39 is 17.9 Å². The Morgan fingerprint density at radius 2 is 1.73 bits per heavy atom. The number of benzene rings is 3. The number of nitrogens with two attached hydrogens (primary N) is 1. The molecule has 0 bridgehead atoms. The van der Waals surface area contributed by atoms with Crippen molar-refractivity contribution < 1.29 is 19.1 Å². The molecule has 4 aromatic rings. The van der Waals surface area contributed by atoms with Crippen LogP contribution in [0.1, 0.15) is 76.7 Å². The minimum absolute atomic E-state index is 0.00170. The average Bonchev–Trinajstić information content (AvgIpc) is 3.73. The van der Waals surface area contributed by atoms with E-state index in [4.69, 9.17) is 22.1 Å². The lowest BCUT2D eigenvalue weighted by Crippen LogP contribution is -2.45. The molecular weight excluding hydrogens is 610 g/mol. The number of aromatic nitrogens is 1. The lowest BCUT2D eigenvalue weighted by molar-refractivity contribution is -0.123. The Balaban J connectivity index is 1.42. The fraction of sp³-hybridized carbons (Fsp3) is 0.353. The second-order valence-corrected chi connectivity index (χ2v) is 12.8. The van der Waals surface area contributed by atoms with Gasteiger partial charge in [0.25, 0.3) is 11.8 Å². The van der Waals surface area contributed by atoms with E-state index in [0.717, 1.165) is 67.3 Å². The molecule has 2 aliphatic rings. The van der Waals surface area contributed by atoms with Crippen LogP contribution < -0.4 is 21.3 Å². The zero-order valence-corrected chi connectivity index (χ0v) is 26.4. The summed E-state index contributed by atoms with van der Waals surface area (Å²) < 4.78 is 10.1. The molecule has 1 aliphatic carbocycles. The van der Waals surface area contributed by atoms with Crippen molar-refractivity contribution in [3.05, 3.63) is 87.9 Å². The highest BCUT2D eigenvalue weighted by Crippen LogP contribution is 2.37. The second kappa shape index (κ2) is 14.0. The number of rotatable bonds is 9. The Labute approximate surface area is 271 Å². The summed E-state index contributed by atoms with van der Waals surface area (Å²) in [6.07, 6.45) is 6.77. The molecule has 1 aliphatic heterocycles. The molecule has 234 valence electrons. The minimum atomic E-state index is -1.09. The SMILES string of the molecule is Nc1c(C(=O)NC2CCCCC2)nsc1C(=O)N(c1cccc2ccccc12)[C@@H](C(=O)NC[C@H]1CCCO1)c1ccc(Cl)cc1. The minimum Gasteiger partial charge on any atom is -0.395 e. The zero-order chi connectivity index (χ0) is 31.3. The van der Waals surface area contributed by atoms with Gasteiger partial charge in [-0.15, -0.1) is 0 Å². The van der Waals surface area contributed by atoms with Gasteiger partial charge in [0.05, 0.1) is 17.5 Å². The van der Waals surface area contributed by atoms with Gasteiger partial charge in [0, 0.05) is 29.6 Å². The number of ether oxygens (including phenoxy) is 1. The molecule has 4 N–H and O–H groups in total. The number of fused-ring (bicyclic) bond motifs is 1. The van der Waals surface area contributed by atoms with E-state index in [9.17, 15) is 14.4 Å². The number of nitrogen functional groups attached to an aromatic ring is 1. The molecule has 0 spiro atoms. The summed E-state index contributed by atoms with van der Waals surface area (Å²) in [5.41, 5.74) is 7.62. The highest BCUT2D eigenvalue weighted by atomic mass is 35.5. The summed E-state index contributed by atoms with van der Waals surface area (Å²) in [6.45, 7) is 0.970. The monoisotopic (exact) mass is 645 g/mol. The van der Waals surface area contributed by atoms with Crippen LogP contribution >= 0.6 is 23.1 Å². The van der Waals surface area contributed by atoms with Gasteiger partial charge in [0.2, 0.25) is 5.91 Å². The molecule has 45 heavy (non-hydrogen) atoms. The number of hydrogen-bond donors (Lipinski definition) is 3. The smallest absolute Gasteiger partial charge is 0.273 e. The molecule has 1 saturated heterocycles. The third-order valence-corrected chi connectivity index (χ3v) is 9.65. The molecule has 2 fully saturated rings. The molecule has 2 atom stereocenters. The maximum absolute atomic E-state index is 14.7. The first kappa shape index (κ1) is 31.0. The van der Waals surface area contributed by atoms with Crippen LogP contribution in [-0.2, 0) is 9.53 Å². The second-order valence-electron chi connectivity index (χ2n) is 11.6. The third kappa shape index (κ3) is 6.83. The van der Waals surface area contributed by atoms with Crippen molar-refractivity contribution in [2.75, 3.05) is 23.8 Å². The number of anilines is 2. The van der Waals surface area contributed by atoms with Gasteiger partial charge < -0.3 is 21.1 Å². The molecule has 3 aromatic carbocycles. The number of halogens is 1. The molecule has 11 heteroatoms. The number of carbonyl (C=O) groups excluding carboxylic acids is 3. The van der Waals surface area contributed by atoms with Crippen molar-refractivity contribution >= 4 is 63.0 Å². The first-order valence-corrected chi connectivity index (χ1v) is 16.6. The standard InChI is InChI=1S/C34H36ClN5O4S/c35-23-17-15-22(16-18-23)30(33(42)37-20-25-12-7-19-44-25)40(27-14-6-9-21-8-4-5-13-26(21)27)34(43)31-28(36)29(39-45-31)32(41)38-24-10-2-1-3-11-24/h4-6,8-9,13-18,24-25,30H,1-3,7,10-12,19-20,36H2,(H,37,42)(H,38,41)/t25-,30-/m1/s1. The van der Waals surface area contributed by atoms with Crippen LogP contribution in [0.2, 0.25) is 5.02 Å². The normalized spacial score (nSPS) is 17.6. The molecule has 1 saturated carbocycles. The highest BCUT2D eigenvalue weighted by molar-refractivity contribution is 7.09. The van der Waals surface area contributed by atoms with Gasteiger partial charge in [0.15, 0.2) is 5.69 Å². The number of amides is 3. The van der Waals surface area contributed by atoms with E-state index in [1.165, 1.54) is 4.90 Å².